The molecule has 0 saturated heterocycles. The molecule has 0 aliphatic rings. The van der Waals surface area contributed by atoms with Crippen LogP contribution in [0, 0.1) is 6.92 Å². The molecule has 158 valence electrons. The van der Waals surface area contributed by atoms with Gasteiger partial charge in [-0.15, -0.1) is 11.3 Å². The number of nitrogens with one attached hydrogen (secondary N) is 3. The van der Waals surface area contributed by atoms with Crippen molar-refractivity contribution in [2.45, 2.75) is 11.8 Å². The summed E-state index contributed by atoms with van der Waals surface area (Å²) in [6.45, 7) is 2.33. The van der Waals surface area contributed by atoms with E-state index in [0.29, 0.717) is 17.5 Å². The Morgan fingerprint density at radius 3 is 2.63 bits per heavy atom. The molecule has 0 aliphatic carbocycles. The number of thiophene rings is 1. The van der Waals surface area contributed by atoms with Gasteiger partial charge in [0.15, 0.2) is 0 Å². The number of anilines is 3. The summed E-state index contributed by atoms with van der Waals surface area (Å²) < 4.78 is 32.0. The van der Waals surface area contributed by atoms with Crippen LogP contribution in [0.1, 0.15) is 15.2 Å². The zero-order valence-electron chi connectivity index (χ0n) is 16.2. The first-order valence-electron chi connectivity index (χ1n) is 8.80. The van der Waals surface area contributed by atoms with Crippen molar-refractivity contribution in [3.05, 3.63) is 52.6 Å². The third-order valence-electron chi connectivity index (χ3n) is 3.85. The second kappa shape index (κ2) is 9.61. The lowest BCUT2D eigenvalue weighted by atomic mass is 10.3. The normalized spacial score (nSPS) is 11.1. The molecule has 3 rings (SSSR count). The van der Waals surface area contributed by atoms with Gasteiger partial charge in [-0.25, -0.2) is 32.9 Å². The number of carbonyl (C=O) groups is 1. The summed E-state index contributed by atoms with van der Waals surface area (Å²) in [5, 5.41) is 7.63. The Balaban J connectivity index is 1.56. The molecular formula is C18H20N6O4S2. The average molecular weight is 449 g/mol. The van der Waals surface area contributed by atoms with Gasteiger partial charge < -0.3 is 15.4 Å². The number of carbonyl (C=O) groups excluding carboxylic acids is 1. The Bertz CT molecular complexity index is 1130. The van der Waals surface area contributed by atoms with Gasteiger partial charge in [-0.1, -0.05) is 0 Å². The van der Waals surface area contributed by atoms with Crippen molar-refractivity contribution in [3.8, 4) is 0 Å². The van der Waals surface area contributed by atoms with Gasteiger partial charge in [0.05, 0.1) is 7.11 Å². The van der Waals surface area contributed by atoms with Crippen LogP contribution < -0.4 is 15.4 Å². The Morgan fingerprint density at radius 2 is 1.87 bits per heavy atom. The number of esters is 1. The molecule has 12 heteroatoms. The van der Waals surface area contributed by atoms with Gasteiger partial charge in [0.2, 0.25) is 10.0 Å². The lowest BCUT2D eigenvalue weighted by Gasteiger charge is -2.10. The number of pyridine rings is 1. The molecule has 30 heavy (non-hydrogen) atoms. The number of methoxy groups -OCH3 is 1. The first-order valence-corrected chi connectivity index (χ1v) is 11.2. The Labute approximate surface area is 177 Å². The Kier molecular flexibility index (Phi) is 6.92. The van der Waals surface area contributed by atoms with E-state index in [0.717, 1.165) is 16.9 Å². The van der Waals surface area contributed by atoms with Crippen LogP contribution in [-0.4, -0.2) is 49.5 Å². The molecule has 0 radical (unpaired) electrons. The molecule has 10 nitrogen and oxygen atoms in total. The predicted octanol–water partition coefficient (Wildman–Crippen LogP) is 2.16. The largest absolute Gasteiger partial charge is 0.465 e. The van der Waals surface area contributed by atoms with Crippen LogP contribution in [0.2, 0.25) is 0 Å². The summed E-state index contributed by atoms with van der Waals surface area (Å²) >= 11 is 1.01. The highest BCUT2D eigenvalue weighted by Crippen LogP contribution is 2.22. The van der Waals surface area contributed by atoms with E-state index < -0.39 is 16.0 Å². The van der Waals surface area contributed by atoms with Gasteiger partial charge in [-0.3, -0.25) is 0 Å². The number of ether oxygens (including phenoxy) is 1. The van der Waals surface area contributed by atoms with Crippen molar-refractivity contribution >= 4 is 44.8 Å². The summed E-state index contributed by atoms with van der Waals surface area (Å²) in [7, 11) is -2.64. The number of sulfonamides is 1. The molecule has 3 N–H and O–H groups in total. The van der Waals surface area contributed by atoms with Crippen LogP contribution in [0.25, 0.3) is 0 Å². The number of aromatic nitrogens is 3. The number of rotatable bonds is 9. The molecule has 0 atom stereocenters. The van der Waals surface area contributed by atoms with Crippen molar-refractivity contribution in [2.24, 2.45) is 0 Å². The first kappa shape index (κ1) is 21.6. The van der Waals surface area contributed by atoms with E-state index in [4.69, 9.17) is 0 Å². The molecule has 0 aromatic carbocycles. The van der Waals surface area contributed by atoms with Crippen LogP contribution in [0.15, 0.2) is 47.1 Å². The Morgan fingerprint density at radius 1 is 1.10 bits per heavy atom. The Hall–Kier alpha value is -3.09. The van der Waals surface area contributed by atoms with E-state index in [-0.39, 0.29) is 22.9 Å². The lowest BCUT2D eigenvalue weighted by molar-refractivity contribution is 0.0602. The molecule has 0 fully saturated rings. The highest BCUT2D eigenvalue weighted by Gasteiger charge is 2.24. The predicted molar refractivity (Wildman–Crippen MR) is 114 cm³/mol. The van der Waals surface area contributed by atoms with Crippen LogP contribution in [-0.2, 0) is 14.8 Å². The molecule has 3 aromatic rings. The molecule has 0 aliphatic heterocycles. The molecular weight excluding hydrogens is 428 g/mol. The van der Waals surface area contributed by atoms with Crippen LogP contribution in [0.4, 0.5) is 17.5 Å². The van der Waals surface area contributed by atoms with E-state index in [1.807, 2.05) is 19.1 Å². The summed E-state index contributed by atoms with van der Waals surface area (Å²) in [4.78, 5) is 24.1. The van der Waals surface area contributed by atoms with Crippen molar-refractivity contribution in [1.29, 1.82) is 0 Å². The van der Waals surface area contributed by atoms with E-state index in [9.17, 15) is 13.2 Å². The highest BCUT2D eigenvalue weighted by molar-refractivity contribution is 7.89. The van der Waals surface area contributed by atoms with Crippen molar-refractivity contribution in [1.82, 2.24) is 19.7 Å². The highest BCUT2D eigenvalue weighted by atomic mass is 32.2. The van der Waals surface area contributed by atoms with E-state index in [1.165, 1.54) is 24.9 Å². The number of nitrogens with zero attached hydrogens (tertiary/aromatic N) is 3. The number of hydrogen-bond acceptors (Lipinski definition) is 10. The van der Waals surface area contributed by atoms with Crippen LogP contribution in [0.5, 0.6) is 0 Å². The van der Waals surface area contributed by atoms with Crippen molar-refractivity contribution in [2.75, 3.05) is 30.8 Å². The van der Waals surface area contributed by atoms with Crippen molar-refractivity contribution < 1.29 is 17.9 Å². The summed E-state index contributed by atoms with van der Waals surface area (Å²) in [5.74, 6) is 1.04. The maximum Gasteiger partial charge on any atom is 0.349 e. The molecule has 3 aromatic heterocycles. The first-order chi connectivity index (χ1) is 14.4. The molecule has 0 bridgehead atoms. The lowest BCUT2D eigenvalue weighted by Crippen LogP contribution is -2.29. The SMILES string of the molecule is COC(=O)c1sccc1S(=O)(=O)NCCNc1cc(Nc2cc(C)ccn2)ncn1. The topological polar surface area (TPSA) is 135 Å². The number of hydrogen-bond donors (Lipinski definition) is 3. The second-order valence-corrected chi connectivity index (χ2v) is 8.71. The fourth-order valence-electron chi connectivity index (χ4n) is 2.46. The summed E-state index contributed by atoms with van der Waals surface area (Å²) in [6.07, 6.45) is 3.09. The minimum atomic E-state index is -3.84. The molecule has 3 heterocycles. The summed E-state index contributed by atoms with van der Waals surface area (Å²) in [5.41, 5.74) is 1.06. The van der Waals surface area contributed by atoms with Gasteiger partial charge in [-0.2, -0.15) is 0 Å². The smallest absolute Gasteiger partial charge is 0.349 e. The van der Waals surface area contributed by atoms with E-state index >= 15 is 0 Å². The standard InChI is InChI=1S/C18H20N6O4S2/c1-12-3-5-19-15(9-12)24-16-10-14(21-11-22-16)20-6-7-23-30(26,27)13-4-8-29-17(13)18(25)28-2/h3-5,8-11,23H,6-7H2,1-2H3,(H2,19,20,21,22,24). The van der Waals surface area contributed by atoms with Gasteiger partial charge in [0, 0.05) is 25.4 Å². The van der Waals surface area contributed by atoms with E-state index in [1.54, 1.807) is 12.3 Å². The maximum absolute atomic E-state index is 12.4. The summed E-state index contributed by atoms with van der Waals surface area (Å²) in [6, 6.07) is 6.83. The minimum absolute atomic E-state index is 0.0363. The quantitative estimate of drug-likeness (QED) is 0.332. The fraction of sp³-hybridized carbons (Fsp3) is 0.222. The third kappa shape index (κ3) is 5.49. The third-order valence-corrected chi connectivity index (χ3v) is 6.38. The molecule has 0 unspecified atom stereocenters. The molecule has 0 saturated carbocycles. The fourth-order valence-corrected chi connectivity index (χ4v) is 4.83. The average Bonchev–Trinajstić information content (AvgIpc) is 3.22. The van der Waals surface area contributed by atoms with Crippen LogP contribution >= 0.6 is 11.3 Å². The zero-order valence-corrected chi connectivity index (χ0v) is 17.9. The zero-order chi connectivity index (χ0) is 21.6. The maximum atomic E-state index is 12.4. The second-order valence-electron chi connectivity index (χ2n) is 6.06. The molecule has 0 spiro atoms. The monoisotopic (exact) mass is 448 g/mol. The number of aryl methyl sites for hydroxylation is 1. The van der Waals surface area contributed by atoms with E-state index in [2.05, 4.69) is 35.0 Å². The van der Waals surface area contributed by atoms with Gasteiger partial charge in [0.1, 0.15) is 33.6 Å². The van der Waals surface area contributed by atoms with Gasteiger partial charge >= 0.3 is 5.97 Å². The van der Waals surface area contributed by atoms with Gasteiger partial charge in [-0.05, 0) is 36.1 Å². The molecule has 0 amide bonds. The van der Waals surface area contributed by atoms with Gasteiger partial charge in [0.25, 0.3) is 0 Å². The van der Waals surface area contributed by atoms with Crippen LogP contribution in [0.3, 0.4) is 0 Å². The van der Waals surface area contributed by atoms with Crippen molar-refractivity contribution in [3.63, 3.8) is 0 Å². The minimum Gasteiger partial charge on any atom is -0.465 e.